The van der Waals surface area contributed by atoms with Gasteiger partial charge in [-0.15, -0.1) is 0 Å². The number of hydrogen-bond acceptors (Lipinski definition) is 3. The quantitative estimate of drug-likeness (QED) is 0.494. The number of rotatable bonds is 7. The molecule has 138 valence electrons. The standard InChI is InChI=1S/C22H23N3O2/c1-15(2)17-9-7-16(8-10-17)12-25-13-18(11-20(22(26)27)24-14-23)19-5-3-4-6-21(19)25/h3-10,13,15,20,24H,11-12H2,1-2H3,(H,26,27). The molecular formula is C22H23N3O2. The Morgan fingerprint density at radius 2 is 1.89 bits per heavy atom. The Morgan fingerprint density at radius 3 is 2.52 bits per heavy atom. The van der Waals surface area contributed by atoms with Crippen molar-refractivity contribution >= 4 is 16.9 Å². The third kappa shape index (κ3) is 4.12. The summed E-state index contributed by atoms with van der Waals surface area (Å²) in [6, 6.07) is 15.6. The van der Waals surface area contributed by atoms with Crippen LogP contribution in [0.25, 0.3) is 10.9 Å². The SMILES string of the molecule is CC(C)c1ccc(Cn2cc(CC(NC#N)C(=O)O)c3ccccc32)cc1. The molecule has 0 saturated heterocycles. The second-order valence-electron chi connectivity index (χ2n) is 7.05. The third-order valence-corrected chi connectivity index (χ3v) is 4.83. The highest BCUT2D eigenvalue weighted by molar-refractivity contribution is 5.85. The molecule has 2 N–H and O–H groups in total. The van der Waals surface area contributed by atoms with E-state index < -0.39 is 12.0 Å². The summed E-state index contributed by atoms with van der Waals surface area (Å²) in [4.78, 5) is 11.4. The zero-order chi connectivity index (χ0) is 19.4. The van der Waals surface area contributed by atoms with E-state index in [1.807, 2.05) is 30.5 Å². The Labute approximate surface area is 158 Å². The van der Waals surface area contributed by atoms with Gasteiger partial charge in [-0.05, 0) is 28.7 Å². The average Bonchev–Trinajstić information content (AvgIpc) is 2.99. The first-order valence-corrected chi connectivity index (χ1v) is 9.02. The molecule has 5 heteroatoms. The molecule has 0 spiro atoms. The van der Waals surface area contributed by atoms with Gasteiger partial charge in [0.2, 0.25) is 0 Å². The van der Waals surface area contributed by atoms with E-state index in [1.54, 1.807) is 6.19 Å². The Kier molecular flexibility index (Phi) is 5.46. The first kappa shape index (κ1) is 18.5. The summed E-state index contributed by atoms with van der Waals surface area (Å²) < 4.78 is 2.14. The van der Waals surface area contributed by atoms with E-state index in [0.717, 1.165) is 16.5 Å². The minimum absolute atomic E-state index is 0.253. The van der Waals surface area contributed by atoms with Crippen molar-refractivity contribution in [3.63, 3.8) is 0 Å². The topological polar surface area (TPSA) is 78.0 Å². The summed E-state index contributed by atoms with van der Waals surface area (Å²) in [6.07, 6.45) is 3.99. The summed E-state index contributed by atoms with van der Waals surface area (Å²) in [5.41, 5.74) is 4.47. The number of carboxylic acid groups (broad SMARTS) is 1. The molecule has 1 atom stereocenters. The highest BCUT2D eigenvalue weighted by Gasteiger charge is 2.20. The van der Waals surface area contributed by atoms with Gasteiger partial charge in [-0.2, -0.15) is 5.26 Å². The van der Waals surface area contributed by atoms with Crippen LogP contribution in [0.15, 0.2) is 54.7 Å². The van der Waals surface area contributed by atoms with Crippen LogP contribution in [-0.4, -0.2) is 21.7 Å². The van der Waals surface area contributed by atoms with Crippen molar-refractivity contribution in [3.05, 3.63) is 71.4 Å². The molecule has 0 aliphatic heterocycles. The summed E-state index contributed by atoms with van der Waals surface area (Å²) in [5, 5.41) is 21.5. The molecule has 27 heavy (non-hydrogen) atoms. The van der Waals surface area contributed by atoms with E-state index in [1.165, 1.54) is 11.1 Å². The van der Waals surface area contributed by atoms with E-state index in [0.29, 0.717) is 12.5 Å². The summed E-state index contributed by atoms with van der Waals surface area (Å²) in [5.74, 6) is -0.531. The van der Waals surface area contributed by atoms with Crippen LogP contribution in [0.3, 0.4) is 0 Å². The second-order valence-corrected chi connectivity index (χ2v) is 7.05. The van der Waals surface area contributed by atoms with Crippen LogP contribution in [0.4, 0.5) is 0 Å². The lowest BCUT2D eigenvalue weighted by atomic mass is 10.0. The number of benzene rings is 2. The molecule has 0 saturated carbocycles. The van der Waals surface area contributed by atoms with Crippen molar-refractivity contribution in [2.24, 2.45) is 0 Å². The van der Waals surface area contributed by atoms with Crippen LogP contribution in [0.2, 0.25) is 0 Å². The van der Waals surface area contributed by atoms with Gasteiger partial charge in [0.15, 0.2) is 6.19 Å². The van der Waals surface area contributed by atoms with Gasteiger partial charge < -0.3 is 15.0 Å². The Bertz CT molecular complexity index is 981. The second kappa shape index (κ2) is 7.96. The number of aliphatic carboxylic acids is 1. The summed E-state index contributed by atoms with van der Waals surface area (Å²) in [6.45, 7) is 5.06. The minimum Gasteiger partial charge on any atom is -0.480 e. The molecule has 0 aliphatic rings. The Balaban J connectivity index is 1.92. The van der Waals surface area contributed by atoms with Crippen molar-refractivity contribution in [1.82, 2.24) is 9.88 Å². The van der Waals surface area contributed by atoms with Gasteiger partial charge in [0, 0.05) is 30.1 Å². The van der Waals surface area contributed by atoms with Crippen LogP contribution in [0, 0.1) is 11.5 Å². The van der Waals surface area contributed by atoms with Crippen molar-refractivity contribution in [3.8, 4) is 6.19 Å². The van der Waals surface area contributed by atoms with Crippen molar-refractivity contribution in [2.45, 2.75) is 38.8 Å². The van der Waals surface area contributed by atoms with Crippen molar-refractivity contribution in [2.75, 3.05) is 0 Å². The molecule has 1 heterocycles. The van der Waals surface area contributed by atoms with Gasteiger partial charge in [-0.3, -0.25) is 0 Å². The zero-order valence-corrected chi connectivity index (χ0v) is 15.5. The molecule has 0 aliphatic carbocycles. The van der Waals surface area contributed by atoms with Crippen LogP contribution in [0.5, 0.6) is 0 Å². The number of nitrogens with one attached hydrogen (secondary N) is 1. The maximum absolute atomic E-state index is 11.4. The summed E-state index contributed by atoms with van der Waals surface area (Å²) >= 11 is 0. The van der Waals surface area contributed by atoms with E-state index in [-0.39, 0.29) is 6.42 Å². The molecule has 0 bridgehead atoms. The maximum Gasteiger partial charge on any atom is 0.327 e. The lowest BCUT2D eigenvalue weighted by molar-refractivity contribution is -0.139. The van der Waals surface area contributed by atoms with Gasteiger partial charge >= 0.3 is 5.97 Å². The number of nitriles is 1. The average molecular weight is 361 g/mol. The highest BCUT2D eigenvalue weighted by Crippen LogP contribution is 2.24. The van der Waals surface area contributed by atoms with Crippen LogP contribution < -0.4 is 5.32 Å². The predicted octanol–water partition coefficient (Wildman–Crippen LogP) is 3.88. The molecule has 3 rings (SSSR count). The first-order chi connectivity index (χ1) is 13.0. The number of fused-ring (bicyclic) bond motifs is 1. The first-order valence-electron chi connectivity index (χ1n) is 9.02. The van der Waals surface area contributed by atoms with E-state index >= 15 is 0 Å². The molecule has 0 amide bonds. The molecule has 0 fully saturated rings. The maximum atomic E-state index is 11.4. The van der Waals surface area contributed by atoms with Crippen LogP contribution in [-0.2, 0) is 17.8 Å². The third-order valence-electron chi connectivity index (χ3n) is 4.83. The fourth-order valence-corrected chi connectivity index (χ4v) is 3.32. The number of carbonyl (C=O) groups is 1. The monoisotopic (exact) mass is 361 g/mol. The zero-order valence-electron chi connectivity index (χ0n) is 15.5. The number of aromatic nitrogens is 1. The van der Waals surface area contributed by atoms with Crippen LogP contribution >= 0.6 is 0 Å². The molecular weight excluding hydrogens is 338 g/mol. The lowest BCUT2D eigenvalue weighted by Gasteiger charge is -2.09. The van der Waals surface area contributed by atoms with Crippen LogP contribution in [0.1, 0.15) is 36.5 Å². The predicted molar refractivity (Wildman–Crippen MR) is 105 cm³/mol. The van der Waals surface area contributed by atoms with Gasteiger partial charge in [0.25, 0.3) is 0 Å². The number of carboxylic acids is 1. The normalized spacial score (nSPS) is 12.1. The Hall–Kier alpha value is -3.26. The molecule has 1 unspecified atom stereocenters. The fraction of sp³-hybridized carbons (Fsp3) is 0.273. The molecule has 2 aromatic carbocycles. The van der Waals surface area contributed by atoms with Gasteiger partial charge in [-0.25, -0.2) is 4.79 Å². The largest absolute Gasteiger partial charge is 0.480 e. The minimum atomic E-state index is -1.03. The van der Waals surface area contributed by atoms with Gasteiger partial charge in [-0.1, -0.05) is 56.3 Å². The van der Waals surface area contributed by atoms with E-state index in [9.17, 15) is 9.90 Å². The van der Waals surface area contributed by atoms with Gasteiger partial charge in [0.1, 0.15) is 6.04 Å². The molecule has 0 radical (unpaired) electrons. The van der Waals surface area contributed by atoms with Gasteiger partial charge in [0.05, 0.1) is 0 Å². The summed E-state index contributed by atoms with van der Waals surface area (Å²) in [7, 11) is 0. The van der Waals surface area contributed by atoms with Crippen molar-refractivity contribution in [1.29, 1.82) is 5.26 Å². The Morgan fingerprint density at radius 1 is 1.19 bits per heavy atom. The molecule has 5 nitrogen and oxygen atoms in total. The smallest absolute Gasteiger partial charge is 0.327 e. The number of nitrogens with zero attached hydrogens (tertiary/aromatic N) is 2. The van der Waals surface area contributed by atoms with Crippen molar-refractivity contribution < 1.29 is 9.90 Å². The molecule has 1 aromatic heterocycles. The number of para-hydroxylation sites is 1. The lowest BCUT2D eigenvalue weighted by Crippen LogP contribution is -2.35. The number of hydrogen-bond donors (Lipinski definition) is 2. The highest BCUT2D eigenvalue weighted by atomic mass is 16.4. The van der Waals surface area contributed by atoms with E-state index in [2.05, 4.69) is 48.0 Å². The fourth-order valence-electron chi connectivity index (χ4n) is 3.32. The molecule has 3 aromatic rings. The van der Waals surface area contributed by atoms with E-state index in [4.69, 9.17) is 5.26 Å².